The van der Waals surface area contributed by atoms with Crippen molar-refractivity contribution in [3.63, 3.8) is 0 Å². The number of anilines is 1. The monoisotopic (exact) mass is 390 g/mol. The Bertz CT molecular complexity index is 1180. The van der Waals surface area contributed by atoms with Gasteiger partial charge in [-0.3, -0.25) is 19.3 Å². The molecule has 3 aromatic rings. The van der Waals surface area contributed by atoms with Crippen molar-refractivity contribution in [3.8, 4) is 16.2 Å². The van der Waals surface area contributed by atoms with E-state index >= 15 is 0 Å². The molecular weight excluding hydrogens is 376 g/mol. The van der Waals surface area contributed by atoms with Gasteiger partial charge >= 0.3 is 0 Å². The molecule has 1 aromatic heterocycles. The first kappa shape index (κ1) is 16.7. The Kier molecular flexibility index (Phi) is 3.60. The maximum atomic E-state index is 12.8. The lowest BCUT2D eigenvalue weighted by atomic mass is 10.1. The number of carbonyl (C=O) groups is 3. The number of benzene rings is 2. The van der Waals surface area contributed by atoms with Crippen molar-refractivity contribution in [2.75, 3.05) is 12.4 Å². The van der Waals surface area contributed by atoms with Gasteiger partial charge in [-0.05, 0) is 36.4 Å². The highest BCUT2D eigenvalue weighted by Crippen LogP contribution is 2.42. The zero-order valence-electron chi connectivity index (χ0n) is 14.8. The SMILES string of the molecule is CN1C(=O)c2ccc(NC(=O)c3cc4c(s3)-c3ccccc3OC4)cc2C1=O. The standard InChI is InChI=1S/C21H14N2O4S/c1-23-20(25)13-7-6-12(9-15(13)21(23)26)22-19(24)17-8-11-10-27-16-5-3-2-4-14(16)18(11)28-17/h2-9H,10H2,1H3,(H,22,24). The second-order valence-corrected chi connectivity index (χ2v) is 7.69. The topological polar surface area (TPSA) is 75.7 Å². The van der Waals surface area contributed by atoms with E-state index in [4.69, 9.17) is 4.74 Å². The maximum Gasteiger partial charge on any atom is 0.265 e. The largest absolute Gasteiger partial charge is 0.488 e. The first-order valence-electron chi connectivity index (χ1n) is 8.65. The molecule has 5 rings (SSSR count). The lowest BCUT2D eigenvalue weighted by Crippen LogP contribution is -2.24. The van der Waals surface area contributed by atoms with Crippen LogP contribution in [0.1, 0.15) is 36.0 Å². The van der Waals surface area contributed by atoms with Crippen molar-refractivity contribution in [2.45, 2.75) is 6.61 Å². The fraction of sp³-hybridized carbons (Fsp3) is 0.0952. The number of rotatable bonds is 2. The third kappa shape index (κ3) is 2.44. The molecule has 7 heteroatoms. The first-order chi connectivity index (χ1) is 13.5. The Labute approximate surface area is 164 Å². The van der Waals surface area contributed by atoms with E-state index < -0.39 is 0 Å². The van der Waals surface area contributed by atoms with Crippen molar-refractivity contribution in [3.05, 3.63) is 70.1 Å². The fourth-order valence-electron chi connectivity index (χ4n) is 3.44. The number of thiophene rings is 1. The summed E-state index contributed by atoms with van der Waals surface area (Å²) in [7, 11) is 1.44. The molecule has 2 aliphatic rings. The van der Waals surface area contributed by atoms with Crippen LogP contribution in [0.15, 0.2) is 48.5 Å². The van der Waals surface area contributed by atoms with E-state index in [0.29, 0.717) is 28.3 Å². The first-order valence-corrected chi connectivity index (χ1v) is 9.47. The van der Waals surface area contributed by atoms with Gasteiger partial charge in [-0.2, -0.15) is 0 Å². The number of hydrogen-bond acceptors (Lipinski definition) is 5. The number of nitrogens with one attached hydrogen (secondary N) is 1. The summed E-state index contributed by atoms with van der Waals surface area (Å²) in [6, 6.07) is 14.3. The highest BCUT2D eigenvalue weighted by molar-refractivity contribution is 7.17. The number of fused-ring (bicyclic) bond motifs is 4. The molecule has 3 amide bonds. The summed E-state index contributed by atoms with van der Waals surface area (Å²) in [6.45, 7) is 0.428. The number of imide groups is 1. The average molecular weight is 390 g/mol. The van der Waals surface area contributed by atoms with Crippen LogP contribution in [-0.2, 0) is 6.61 Å². The number of ether oxygens (including phenoxy) is 1. The average Bonchev–Trinajstić information content (AvgIpc) is 3.24. The van der Waals surface area contributed by atoms with Crippen LogP contribution in [0.4, 0.5) is 5.69 Å². The van der Waals surface area contributed by atoms with Crippen molar-refractivity contribution in [1.29, 1.82) is 0 Å². The van der Waals surface area contributed by atoms with Crippen LogP contribution < -0.4 is 10.1 Å². The zero-order chi connectivity index (χ0) is 19.4. The van der Waals surface area contributed by atoms with Crippen LogP contribution in [0.25, 0.3) is 10.4 Å². The molecule has 0 bridgehead atoms. The Morgan fingerprint density at radius 2 is 1.82 bits per heavy atom. The van der Waals surface area contributed by atoms with Gasteiger partial charge in [0.2, 0.25) is 0 Å². The lowest BCUT2D eigenvalue weighted by Gasteiger charge is -2.16. The minimum Gasteiger partial charge on any atom is -0.488 e. The van der Waals surface area contributed by atoms with E-state index in [1.165, 1.54) is 18.4 Å². The quantitative estimate of drug-likeness (QED) is 0.676. The van der Waals surface area contributed by atoms with Crippen LogP contribution in [-0.4, -0.2) is 29.7 Å². The molecule has 0 radical (unpaired) electrons. The summed E-state index contributed by atoms with van der Waals surface area (Å²) in [4.78, 5) is 39.5. The minimum atomic E-state index is -0.364. The predicted molar refractivity (Wildman–Crippen MR) is 105 cm³/mol. The van der Waals surface area contributed by atoms with E-state index in [9.17, 15) is 14.4 Å². The summed E-state index contributed by atoms with van der Waals surface area (Å²) < 4.78 is 5.74. The van der Waals surface area contributed by atoms with Crippen molar-refractivity contribution in [1.82, 2.24) is 4.90 Å². The molecule has 0 unspecified atom stereocenters. The van der Waals surface area contributed by atoms with E-state index in [1.54, 1.807) is 18.2 Å². The molecule has 138 valence electrons. The molecule has 0 aliphatic carbocycles. The van der Waals surface area contributed by atoms with Crippen molar-refractivity contribution >= 4 is 34.7 Å². The summed E-state index contributed by atoms with van der Waals surface area (Å²) in [5.41, 5.74) is 3.09. The Hall–Kier alpha value is -3.45. The number of nitrogens with zero attached hydrogens (tertiary/aromatic N) is 1. The van der Waals surface area contributed by atoms with Gasteiger partial charge in [-0.1, -0.05) is 12.1 Å². The number of amides is 3. The molecular formula is C21H14N2O4S. The third-order valence-electron chi connectivity index (χ3n) is 4.90. The van der Waals surface area contributed by atoms with Crippen LogP contribution in [0.3, 0.4) is 0 Å². The predicted octanol–water partition coefficient (Wildman–Crippen LogP) is 3.79. The molecule has 0 atom stereocenters. The summed E-state index contributed by atoms with van der Waals surface area (Å²) in [5.74, 6) is -0.143. The lowest BCUT2D eigenvalue weighted by molar-refractivity contribution is 0.0692. The van der Waals surface area contributed by atoms with E-state index in [2.05, 4.69) is 5.32 Å². The smallest absolute Gasteiger partial charge is 0.265 e. The van der Waals surface area contributed by atoms with Crippen LogP contribution >= 0.6 is 11.3 Å². The number of para-hydroxylation sites is 1. The summed E-state index contributed by atoms with van der Waals surface area (Å²) >= 11 is 1.41. The van der Waals surface area contributed by atoms with Gasteiger partial charge < -0.3 is 10.1 Å². The number of hydrogen-bond donors (Lipinski definition) is 1. The molecule has 0 fully saturated rings. The maximum absolute atomic E-state index is 12.8. The Balaban J connectivity index is 1.43. The van der Waals surface area contributed by atoms with Gasteiger partial charge in [0, 0.05) is 28.7 Å². The van der Waals surface area contributed by atoms with Gasteiger partial charge in [0.15, 0.2) is 0 Å². The highest BCUT2D eigenvalue weighted by atomic mass is 32.1. The molecule has 0 saturated heterocycles. The Morgan fingerprint density at radius 1 is 1.04 bits per heavy atom. The molecule has 28 heavy (non-hydrogen) atoms. The second kappa shape index (κ2) is 6.03. The van der Waals surface area contributed by atoms with Crippen molar-refractivity contribution < 1.29 is 19.1 Å². The molecule has 2 aromatic carbocycles. The molecule has 3 heterocycles. The van der Waals surface area contributed by atoms with Crippen LogP contribution in [0.2, 0.25) is 0 Å². The third-order valence-corrected chi connectivity index (χ3v) is 6.10. The van der Waals surface area contributed by atoms with Gasteiger partial charge in [-0.15, -0.1) is 11.3 Å². The van der Waals surface area contributed by atoms with Crippen LogP contribution in [0, 0.1) is 0 Å². The summed E-state index contributed by atoms with van der Waals surface area (Å²) in [6.07, 6.45) is 0. The molecule has 0 spiro atoms. The van der Waals surface area contributed by atoms with E-state index in [0.717, 1.165) is 26.7 Å². The Morgan fingerprint density at radius 3 is 2.68 bits per heavy atom. The van der Waals surface area contributed by atoms with Gasteiger partial charge in [0.25, 0.3) is 17.7 Å². The van der Waals surface area contributed by atoms with Gasteiger partial charge in [-0.25, -0.2) is 0 Å². The molecule has 0 saturated carbocycles. The highest BCUT2D eigenvalue weighted by Gasteiger charge is 2.33. The molecule has 1 N–H and O–H groups in total. The minimum absolute atomic E-state index is 0.262. The van der Waals surface area contributed by atoms with Crippen molar-refractivity contribution in [2.24, 2.45) is 0 Å². The normalized spacial score (nSPS) is 14.2. The van der Waals surface area contributed by atoms with Gasteiger partial charge in [0.1, 0.15) is 12.4 Å². The number of carbonyl (C=O) groups excluding carboxylic acids is 3. The van der Waals surface area contributed by atoms with E-state index in [-0.39, 0.29) is 17.7 Å². The molecule has 2 aliphatic heterocycles. The summed E-state index contributed by atoms with van der Waals surface area (Å²) in [5, 5.41) is 2.82. The molecule has 6 nitrogen and oxygen atoms in total. The van der Waals surface area contributed by atoms with Crippen LogP contribution in [0.5, 0.6) is 5.75 Å². The second-order valence-electron chi connectivity index (χ2n) is 6.63. The zero-order valence-corrected chi connectivity index (χ0v) is 15.6. The van der Waals surface area contributed by atoms with E-state index in [1.807, 2.05) is 30.3 Å². The van der Waals surface area contributed by atoms with Gasteiger partial charge in [0.05, 0.1) is 16.0 Å². The fourth-order valence-corrected chi connectivity index (χ4v) is 4.54.